The second kappa shape index (κ2) is 8.16. The molecule has 1 fully saturated rings. The van der Waals surface area contributed by atoms with Crippen LogP contribution in [0.15, 0.2) is 91.8 Å². The van der Waals surface area contributed by atoms with Crippen LogP contribution in [0.1, 0.15) is 12.8 Å². The third-order valence-electron chi connectivity index (χ3n) is 6.76. The summed E-state index contributed by atoms with van der Waals surface area (Å²) < 4.78 is 0. The molecular formula is C29H23N7. The van der Waals surface area contributed by atoms with Crippen molar-refractivity contribution in [2.75, 3.05) is 5.32 Å². The molecule has 1 aliphatic carbocycles. The summed E-state index contributed by atoms with van der Waals surface area (Å²) in [5, 5.41) is 13.1. The molecule has 1 aliphatic rings. The number of anilines is 1. The lowest BCUT2D eigenvalue weighted by Crippen LogP contribution is -2.00. The van der Waals surface area contributed by atoms with Crippen LogP contribution >= 0.6 is 0 Å². The van der Waals surface area contributed by atoms with E-state index >= 15 is 0 Å². The average Bonchev–Trinajstić information content (AvgIpc) is 3.55. The van der Waals surface area contributed by atoms with Crippen molar-refractivity contribution in [3.05, 3.63) is 91.8 Å². The lowest BCUT2D eigenvalue weighted by Gasteiger charge is -2.09. The molecule has 5 aromatic heterocycles. The van der Waals surface area contributed by atoms with Crippen molar-refractivity contribution in [1.29, 1.82) is 0 Å². The average molecular weight is 470 g/mol. The van der Waals surface area contributed by atoms with E-state index in [0.717, 1.165) is 61.3 Å². The van der Waals surface area contributed by atoms with Gasteiger partial charge in [-0.05, 0) is 54.7 Å². The van der Waals surface area contributed by atoms with Crippen LogP contribution in [-0.2, 0) is 0 Å². The Balaban J connectivity index is 1.28. The smallest absolute Gasteiger partial charge is 0.181 e. The number of hydrogen-bond donors (Lipinski definition) is 3. The molecular weight excluding hydrogens is 446 g/mol. The first-order valence-electron chi connectivity index (χ1n) is 12.0. The molecule has 7 heteroatoms. The number of benzene rings is 1. The summed E-state index contributed by atoms with van der Waals surface area (Å²) in [5.74, 6) is 0.579. The summed E-state index contributed by atoms with van der Waals surface area (Å²) in [6.45, 7) is 4.17. The number of aromatic nitrogens is 6. The third kappa shape index (κ3) is 3.62. The molecule has 0 spiro atoms. The quantitative estimate of drug-likeness (QED) is 0.257. The summed E-state index contributed by atoms with van der Waals surface area (Å²) in [6, 6.07) is 16.7. The van der Waals surface area contributed by atoms with Crippen molar-refractivity contribution < 1.29 is 0 Å². The highest BCUT2D eigenvalue weighted by Gasteiger charge is 2.24. The number of nitrogens with zero attached hydrogens (tertiary/aromatic N) is 4. The maximum Gasteiger partial charge on any atom is 0.181 e. The van der Waals surface area contributed by atoms with Gasteiger partial charge in [-0.1, -0.05) is 24.8 Å². The minimum atomic E-state index is 0.579. The van der Waals surface area contributed by atoms with Gasteiger partial charge in [-0.25, -0.2) is 4.98 Å². The molecule has 36 heavy (non-hydrogen) atoms. The van der Waals surface area contributed by atoms with Gasteiger partial charge in [0, 0.05) is 63.5 Å². The van der Waals surface area contributed by atoms with Gasteiger partial charge in [-0.2, -0.15) is 5.10 Å². The number of allylic oxidation sites excluding steroid dienone is 1. The van der Waals surface area contributed by atoms with E-state index in [4.69, 9.17) is 0 Å². The molecule has 174 valence electrons. The SMILES string of the molecule is C=C(Nc1cncc(-c2cnc3n[nH]c(-c4cc5c(-c6cccnc6)cccc5[nH]4)c3c2)c1)C1CC1. The van der Waals surface area contributed by atoms with Gasteiger partial charge in [0.05, 0.1) is 23.3 Å². The van der Waals surface area contributed by atoms with E-state index < -0.39 is 0 Å². The summed E-state index contributed by atoms with van der Waals surface area (Å²) >= 11 is 0. The molecule has 7 nitrogen and oxygen atoms in total. The van der Waals surface area contributed by atoms with E-state index in [1.54, 1.807) is 6.20 Å². The molecule has 5 heterocycles. The van der Waals surface area contributed by atoms with Crippen LogP contribution in [-0.4, -0.2) is 30.1 Å². The van der Waals surface area contributed by atoms with E-state index in [9.17, 15) is 0 Å². The second-order valence-electron chi connectivity index (χ2n) is 9.27. The predicted octanol–water partition coefficient (Wildman–Crippen LogP) is 6.57. The van der Waals surface area contributed by atoms with Crippen LogP contribution in [0.5, 0.6) is 0 Å². The van der Waals surface area contributed by atoms with Crippen molar-refractivity contribution in [2.24, 2.45) is 5.92 Å². The Hall–Kier alpha value is -4.78. The van der Waals surface area contributed by atoms with Gasteiger partial charge >= 0.3 is 0 Å². The number of pyridine rings is 3. The summed E-state index contributed by atoms with van der Waals surface area (Å²) in [5.41, 5.74) is 9.76. The first-order valence-corrected chi connectivity index (χ1v) is 12.0. The predicted molar refractivity (Wildman–Crippen MR) is 143 cm³/mol. The van der Waals surface area contributed by atoms with Crippen LogP contribution in [0.4, 0.5) is 5.69 Å². The Labute approximate surface area is 207 Å². The van der Waals surface area contributed by atoms with Gasteiger partial charge < -0.3 is 10.3 Å². The van der Waals surface area contributed by atoms with E-state index in [1.165, 1.54) is 12.8 Å². The van der Waals surface area contributed by atoms with Crippen molar-refractivity contribution in [1.82, 2.24) is 30.1 Å². The number of rotatable bonds is 6. The van der Waals surface area contributed by atoms with Gasteiger partial charge in [0.25, 0.3) is 0 Å². The second-order valence-corrected chi connectivity index (χ2v) is 9.27. The van der Waals surface area contributed by atoms with E-state index in [1.807, 2.05) is 30.9 Å². The first-order chi connectivity index (χ1) is 17.7. The molecule has 1 aromatic carbocycles. The minimum absolute atomic E-state index is 0.579. The molecule has 0 radical (unpaired) electrons. The normalized spacial score (nSPS) is 13.3. The molecule has 6 aromatic rings. The Morgan fingerprint density at radius 1 is 0.889 bits per heavy atom. The molecule has 0 atom stereocenters. The number of aromatic amines is 2. The largest absolute Gasteiger partial charge is 0.358 e. The topological polar surface area (TPSA) is 95.2 Å². The van der Waals surface area contributed by atoms with Crippen LogP contribution in [0.2, 0.25) is 0 Å². The fourth-order valence-electron chi connectivity index (χ4n) is 4.71. The zero-order valence-corrected chi connectivity index (χ0v) is 19.5. The van der Waals surface area contributed by atoms with Crippen LogP contribution < -0.4 is 5.32 Å². The molecule has 1 saturated carbocycles. The maximum absolute atomic E-state index is 4.62. The van der Waals surface area contributed by atoms with Crippen molar-refractivity contribution in [2.45, 2.75) is 12.8 Å². The molecule has 0 aliphatic heterocycles. The molecule has 3 N–H and O–H groups in total. The molecule has 7 rings (SSSR count). The van der Waals surface area contributed by atoms with Crippen LogP contribution in [0.3, 0.4) is 0 Å². The van der Waals surface area contributed by atoms with Crippen LogP contribution in [0.25, 0.3) is 55.6 Å². The van der Waals surface area contributed by atoms with Gasteiger partial charge in [-0.15, -0.1) is 0 Å². The zero-order chi connectivity index (χ0) is 24.1. The Bertz CT molecular complexity index is 1740. The fraction of sp³-hybridized carbons (Fsp3) is 0.103. The highest BCUT2D eigenvalue weighted by Crippen LogP contribution is 2.37. The first kappa shape index (κ1) is 20.6. The Morgan fingerprint density at radius 2 is 1.78 bits per heavy atom. The lowest BCUT2D eigenvalue weighted by molar-refractivity contribution is 1.02. The van der Waals surface area contributed by atoms with Gasteiger partial charge in [0.1, 0.15) is 0 Å². The van der Waals surface area contributed by atoms with Crippen molar-refractivity contribution in [3.63, 3.8) is 0 Å². The van der Waals surface area contributed by atoms with Crippen LogP contribution in [0, 0.1) is 5.92 Å². The highest BCUT2D eigenvalue weighted by molar-refractivity contribution is 6.01. The highest BCUT2D eigenvalue weighted by atomic mass is 15.2. The van der Waals surface area contributed by atoms with Gasteiger partial charge in [0.2, 0.25) is 0 Å². The Kier molecular flexibility index (Phi) is 4.67. The van der Waals surface area contributed by atoms with Gasteiger partial charge in [0.15, 0.2) is 5.65 Å². The summed E-state index contributed by atoms with van der Waals surface area (Å²) in [7, 11) is 0. The molecule has 0 unspecified atom stereocenters. The number of fused-ring (bicyclic) bond motifs is 2. The van der Waals surface area contributed by atoms with E-state index in [2.05, 4.69) is 84.5 Å². The number of nitrogens with one attached hydrogen (secondary N) is 3. The summed E-state index contributed by atoms with van der Waals surface area (Å²) in [6.07, 6.45) is 11.6. The van der Waals surface area contributed by atoms with Crippen molar-refractivity contribution in [3.8, 4) is 33.6 Å². The Morgan fingerprint density at radius 3 is 2.64 bits per heavy atom. The zero-order valence-electron chi connectivity index (χ0n) is 19.5. The monoisotopic (exact) mass is 469 g/mol. The van der Waals surface area contributed by atoms with E-state index in [-0.39, 0.29) is 0 Å². The fourth-order valence-corrected chi connectivity index (χ4v) is 4.71. The maximum atomic E-state index is 4.62. The molecule has 0 bridgehead atoms. The van der Waals surface area contributed by atoms with Crippen molar-refractivity contribution >= 4 is 27.6 Å². The summed E-state index contributed by atoms with van der Waals surface area (Å²) in [4.78, 5) is 16.9. The number of hydrogen-bond acceptors (Lipinski definition) is 5. The van der Waals surface area contributed by atoms with E-state index in [0.29, 0.717) is 11.6 Å². The molecule has 0 amide bonds. The molecule has 0 saturated heterocycles. The minimum Gasteiger partial charge on any atom is -0.358 e. The number of H-pyrrole nitrogens is 2. The third-order valence-corrected chi connectivity index (χ3v) is 6.76. The standard InChI is InChI=1S/C29H23N7/c1-17(18-7-8-18)33-22-10-20(14-31-16-22)21-11-25-28(35-36-29(25)32-15-21)27-12-24-23(5-2-6-26(24)34-27)19-4-3-9-30-13-19/h2-6,9-16,18,33-34H,1,7-8H2,(H,32,35,36). The van der Waals surface area contributed by atoms with Gasteiger partial charge in [-0.3, -0.25) is 15.1 Å². The lowest BCUT2D eigenvalue weighted by atomic mass is 10.0.